The fourth-order valence-corrected chi connectivity index (χ4v) is 4.02. The number of rotatable bonds is 2. The number of aliphatic hydroxyl groups excluding tert-OH is 1. The number of anilines is 1. The van der Waals surface area contributed by atoms with Crippen LogP contribution in [0.5, 0.6) is 0 Å². The van der Waals surface area contributed by atoms with Crippen LogP contribution in [0.2, 0.25) is 0 Å². The lowest BCUT2D eigenvalue weighted by molar-refractivity contribution is -0.174. The number of likely N-dealkylation sites (tertiary alicyclic amines) is 1. The SMILES string of the molecule is O=C(c1cnc(N2CCOCC2)nc1)N1CCC2(CC1)OCCC[C@@H]2O. The summed E-state index contributed by atoms with van der Waals surface area (Å²) in [6, 6.07) is 0. The molecule has 0 bridgehead atoms. The van der Waals surface area contributed by atoms with Crippen molar-refractivity contribution in [2.75, 3.05) is 50.9 Å². The summed E-state index contributed by atoms with van der Waals surface area (Å²) in [5.74, 6) is 0.583. The fourth-order valence-electron chi connectivity index (χ4n) is 4.02. The van der Waals surface area contributed by atoms with Gasteiger partial charge in [0.2, 0.25) is 5.95 Å². The Bertz CT molecular complexity index is 625. The highest BCUT2D eigenvalue weighted by Crippen LogP contribution is 2.35. The lowest BCUT2D eigenvalue weighted by atomic mass is 9.82. The van der Waals surface area contributed by atoms with Gasteiger partial charge >= 0.3 is 0 Å². The summed E-state index contributed by atoms with van der Waals surface area (Å²) in [5.41, 5.74) is 0.0363. The summed E-state index contributed by atoms with van der Waals surface area (Å²) in [6.45, 7) is 4.75. The van der Waals surface area contributed by atoms with Gasteiger partial charge in [0.1, 0.15) is 0 Å². The Morgan fingerprint density at radius 2 is 1.81 bits per heavy atom. The Balaban J connectivity index is 1.37. The smallest absolute Gasteiger partial charge is 0.256 e. The number of aliphatic hydroxyl groups is 1. The van der Waals surface area contributed by atoms with Crippen LogP contribution in [0.3, 0.4) is 0 Å². The molecule has 1 aromatic rings. The third-order valence-corrected chi connectivity index (χ3v) is 5.69. The van der Waals surface area contributed by atoms with E-state index < -0.39 is 11.7 Å². The largest absolute Gasteiger partial charge is 0.390 e. The second kappa shape index (κ2) is 7.46. The number of nitrogens with zero attached hydrogens (tertiary/aromatic N) is 4. The van der Waals surface area contributed by atoms with Crippen LogP contribution in [0.15, 0.2) is 12.4 Å². The molecule has 142 valence electrons. The lowest BCUT2D eigenvalue weighted by Crippen LogP contribution is -2.56. The van der Waals surface area contributed by atoms with Gasteiger partial charge in [-0.15, -0.1) is 0 Å². The van der Waals surface area contributed by atoms with Crippen molar-refractivity contribution < 1.29 is 19.4 Å². The molecule has 26 heavy (non-hydrogen) atoms. The van der Waals surface area contributed by atoms with Crippen LogP contribution >= 0.6 is 0 Å². The first kappa shape index (κ1) is 17.6. The summed E-state index contributed by atoms with van der Waals surface area (Å²) in [5, 5.41) is 10.3. The number of hydrogen-bond acceptors (Lipinski definition) is 7. The van der Waals surface area contributed by atoms with E-state index in [4.69, 9.17) is 9.47 Å². The van der Waals surface area contributed by atoms with Gasteiger partial charge < -0.3 is 24.4 Å². The van der Waals surface area contributed by atoms with Crippen LogP contribution in [-0.4, -0.2) is 83.6 Å². The predicted molar refractivity (Wildman–Crippen MR) is 94.1 cm³/mol. The molecule has 0 aliphatic carbocycles. The number of carbonyl (C=O) groups is 1. The van der Waals surface area contributed by atoms with Crippen molar-refractivity contribution in [1.82, 2.24) is 14.9 Å². The van der Waals surface area contributed by atoms with Crippen LogP contribution in [0.1, 0.15) is 36.0 Å². The van der Waals surface area contributed by atoms with Gasteiger partial charge in [-0.05, 0) is 25.7 Å². The van der Waals surface area contributed by atoms with Gasteiger partial charge in [-0.3, -0.25) is 4.79 Å². The van der Waals surface area contributed by atoms with E-state index in [0.29, 0.717) is 57.3 Å². The van der Waals surface area contributed by atoms with Crippen molar-refractivity contribution in [2.45, 2.75) is 37.4 Å². The normalized spacial score (nSPS) is 26.1. The van der Waals surface area contributed by atoms with E-state index in [1.165, 1.54) is 0 Å². The minimum absolute atomic E-state index is 0.0568. The van der Waals surface area contributed by atoms with Gasteiger partial charge in [-0.2, -0.15) is 0 Å². The van der Waals surface area contributed by atoms with E-state index >= 15 is 0 Å². The molecule has 1 atom stereocenters. The molecule has 1 aromatic heterocycles. The molecule has 0 radical (unpaired) electrons. The predicted octanol–water partition coefficient (Wildman–Crippen LogP) is 0.459. The van der Waals surface area contributed by atoms with Gasteiger partial charge in [0.25, 0.3) is 5.91 Å². The number of carbonyl (C=O) groups excluding carboxylic acids is 1. The minimum Gasteiger partial charge on any atom is -0.390 e. The zero-order valence-electron chi connectivity index (χ0n) is 15.0. The standard InChI is InChI=1S/C18H26N4O4/c23-15-2-1-9-26-18(15)3-5-21(6-4-18)16(24)14-12-19-17(20-13-14)22-7-10-25-11-8-22/h12-13,15,23H,1-11H2/t15-/m0/s1. The summed E-state index contributed by atoms with van der Waals surface area (Å²) < 4.78 is 11.2. The first-order chi connectivity index (χ1) is 12.7. The summed E-state index contributed by atoms with van der Waals surface area (Å²) in [4.78, 5) is 25.3. The van der Waals surface area contributed by atoms with Crippen LogP contribution in [-0.2, 0) is 9.47 Å². The zero-order chi connectivity index (χ0) is 18.0. The highest BCUT2D eigenvalue weighted by molar-refractivity contribution is 5.93. The van der Waals surface area contributed by atoms with Crippen molar-refractivity contribution in [3.05, 3.63) is 18.0 Å². The molecular weight excluding hydrogens is 336 g/mol. The molecule has 4 heterocycles. The number of piperidine rings is 1. The number of hydrogen-bond donors (Lipinski definition) is 1. The van der Waals surface area contributed by atoms with E-state index in [1.54, 1.807) is 12.4 Å². The van der Waals surface area contributed by atoms with Crippen LogP contribution in [0.4, 0.5) is 5.95 Å². The van der Waals surface area contributed by atoms with Gasteiger partial charge in [0.15, 0.2) is 0 Å². The molecule has 4 rings (SSSR count). The molecule has 1 amide bonds. The maximum Gasteiger partial charge on any atom is 0.256 e. The van der Waals surface area contributed by atoms with Crippen molar-refractivity contribution in [2.24, 2.45) is 0 Å². The van der Waals surface area contributed by atoms with Crippen molar-refractivity contribution in [3.8, 4) is 0 Å². The Hall–Kier alpha value is -1.77. The first-order valence-electron chi connectivity index (χ1n) is 9.44. The second-order valence-electron chi connectivity index (χ2n) is 7.23. The molecule has 3 saturated heterocycles. The monoisotopic (exact) mass is 362 g/mol. The summed E-state index contributed by atoms with van der Waals surface area (Å²) in [7, 11) is 0. The average molecular weight is 362 g/mol. The Morgan fingerprint density at radius 1 is 1.12 bits per heavy atom. The molecule has 3 aliphatic rings. The van der Waals surface area contributed by atoms with Gasteiger partial charge in [0, 0.05) is 45.2 Å². The van der Waals surface area contributed by atoms with E-state index in [1.807, 2.05) is 4.90 Å². The third-order valence-electron chi connectivity index (χ3n) is 5.69. The number of aromatic nitrogens is 2. The molecule has 1 N–H and O–H groups in total. The molecule has 0 unspecified atom stereocenters. The molecule has 3 fully saturated rings. The molecule has 8 heteroatoms. The Morgan fingerprint density at radius 3 is 2.46 bits per heavy atom. The summed E-state index contributed by atoms with van der Waals surface area (Å²) in [6.07, 6.45) is 5.82. The molecule has 0 aromatic carbocycles. The minimum atomic E-state index is -0.467. The first-order valence-corrected chi connectivity index (χ1v) is 9.44. The topological polar surface area (TPSA) is 88.0 Å². The highest BCUT2D eigenvalue weighted by atomic mass is 16.5. The van der Waals surface area contributed by atoms with Crippen LogP contribution in [0.25, 0.3) is 0 Å². The van der Waals surface area contributed by atoms with Crippen molar-refractivity contribution in [1.29, 1.82) is 0 Å². The van der Waals surface area contributed by atoms with E-state index in [2.05, 4.69) is 14.9 Å². The molecule has 0 saturated carbocycles. The van der Waals surface area contributed by atoms with E-state index in [0.717, 1.165) is 25.9 Å². The zero-order valence-corrected chi connectivity index (χ0v) is 15.0. The Labute approximate surface area is 153 Å². The highest BCUT2D eigenvalue weighted by Gasteiger charge is 2.44. The van der Waals surface area contributed by atoms with Crippen molar-refractivity contribution >= 4 is 11.9 Å². The van der Waals surface area contributed by atoms with E-state index in [9.17, 15) is 9.90 Å². The number of morpholine rings is 1. The average Bonchev–Trinajstić information content (AvgIpc) is 2.71. The Kier molecular flexibility index (Phi) is 5.06. The maximum atomic E-state index is 12.7. The van der Waals surface area contributed by atoms with Crippen LogP contribution in [0, 0.1) is 0 Å². The number of amides is 1. The quantitative estimate of drug-likeness (QED) is 0.818. The van der Waals surface area contributed by atoms with Gasteiger partial charge in [-0.1, -0.05) is 0 Å². The van der Waals surface area contributed by atoms with Crippen LogP contribution < -0.4 is 4.90 Å². The fraction of sp³-hybridized carbons (Fsp3) is 0.722. The molecule has 1 spiro atoms. The second-order valence-corrected chi connectivity index (χ2v) is 7.23. The maximum absolute atomic E-state index is 12.7. The van der Waals surface area contributed by atoms with Gasteiger partial charge in [-0.25, -0.2) is 9.97 Å². The molecule has 8 nitrogen and oxygen atoms in total. The van der Waals surface area contributed by atoms with Crippen molar-refractivity contribution in [3.63, 3.8) is 0 Å². The third kappa shape index (κ3) is 3.41. The molecule has 3 aliphatic heterocycles. The number of ether oxygens (including phenoxy) is 2. The summed E-state index contributed by atoms with van der Waals surface area (Å²) >= 11 is 0. The lowest BCUT2D eigenvalue weighted by Gasteiger charge is -2.46. The van der Waals surface area contributed by atoms with E-state index in [-0.39, 0.29) is 5.91 Å². The molecular formula is C18H26N4O4. The van der Waals surface area contributed by atoms with Gasteiger partial charge in [0.05, 0.1) is 30.5 Å².